The fourth-order valence-electron chi connectivity index (χ4n) is 2.28. The summed E-state index contributed by atoms with van der Waals surface area (Å²) in [6.07, 6.45) is 4.43. The SMILES string of the molecule is COC(=O)c1ccccc1-c1ccc(C=NNC(=O)c2ccncc2)o1. The number of benzene rings is 1. The van der Waals surface area contributed by atoms with E-state index in [2.05, 4.69) is 15.5 Å². The van der Waals surface area contributed by atoms with Crippen molar-refractivity contribution in [1.29, 1.82) is 0 Å². The van der Waals surface area contributed by atoms with Crippen molar-refractivity contribution in [2.24, 2.45) is 5.10 Å². The van der Waals surface area contributed by atoms with E-state index in [1.807, 2.05) is 0 Å². The molecule has 1 amide bonds. The molecule has 0 aliphatic carbocycles. The number of rotatable bonds is 5. The van der Waals surface area contributed by atoms with Crippen molar-refractivity contribution in [3.8, 4) is 11.3 Å². The number of aromatic nitrogens is 1. The van der Waals surface area contributed by atoms with Crippen LogP contribution in [-0.4, -0.2) is 30.2 Å². The maximum Gasteiger partial charge on any atom is 0.338 e. The van der Waals surface area contributed by atoms with E-state index in [1.165, 1.54) is 25.7 Å². The Morgan fingerprint density at radius 3 is 2.65 bits per heavy atom. The van der Waals surface area contributed by atoms with E-state index in [9.17, 15) is 9.59 Å². The van der Waals surface area contributed by atoms with Crippen LogP contribution in [0.5, 0.6) is 0 Å². The molecule has 0 atom stereocenters. The topological polar surface area (TPSA) is 93.8 Å². The lowest BCUT2D eigenvalue weighted by molar-refractivity contribution is 0.0601. The average Bonchev–Trinajstić information content (AvgIpc) is 3.16. The second-order valence-electron chi connectivity index (χ2n) is 5.17. The molecule has 0 spiro atoms. The smallest absolute Gasteiger partial charge is 0.338 e. The first-order chi connectivity index (χ1) is 12.7. The van der Waals surface area contributed by atoms with Gasteiger partial charge in [0.2, 0.25) is 0 Å². The minimum atomic E-state index is -0.447. The second-order valence-corrected chi connectivity index (χ2v) is 5.17. The van der Waals surface area contributed by atoms with Crippen LogP contribution in [0.3, 0.4) is 0 Å². The van der Waals surface area contributed by atoms with E-state index in [0.29, 0.717) is 28.2 Å². The van der Waals surface area contributed by atoms with Gasteiger partial charge in [-0.2, -0.15) is 5.10 Å². The van der Waals surface area contributed by atoms with Gasteiger partial charge in [-0.1, -0.05) is 18.2 Å². The van der Waals surface area contributed by atoms with Crippen LogP contribution in [0.4, 0.5) is 0 Å². The molecule has 0 saturated heterocycles. The van der Waals surface area contributed by atoms with Crippen LogP contribution in [-0.2, 0) is 4.74 Å². The third-order valence-corrected chi connectivity index (χ3v) is 3.53. The Morgan fingerprint density at radius 2 is 1.88 bits per heavy atom. The quantitative estimate of drug-likeness (QED) is 0.434. The summed E-state index contributed by atoms with van der Waals surface area (Å²) >= 11 is 0. The Bertz CT molecular complexity index is 948. The van der Waals surface area contributed by atoms with Gasteiger partial charge in [0.1, 0.15) is 11.5 Å². The predicted octanol–water partition coefficient (Wildman–Crippen LogP) is 2.89. The molecule has 2 heterocycles. The highest BCUT2D eigenvalue weighted by Gasteiger charge is 2.15. The molecule has 7 nitrogen and oxygen atoms in total. The number of hydrogen-bond acceptors (Lipinski definition) is 6. The molecular weight excluding hydrogens is 334 g/mol. The van der Waals surface area contributed by atoms with Gasteiger partial charge in [-0.05, 0) is 30.3 Å². The van der Waals surface area contributed by atoms with Crippen molar-refractivity contribution in [3.05, 3.63) is 77.8 Å². The van der Waals surface area contributed by atoms with Crippen molar-refractivity contribution < 1.29 is 18.7 Å². The molecule has 1 aromatic carbocycles. The monoisotopic (exact) mass is 349 g/mol. The van der Waals surface area contributed by atoms with Crippen LogP contribution in [0.1, 0.15) is 26.5 Å². The van der Waals surface area contributed by atoms with Gasteiger partial charge < -0.3 is 9.15 Å². The van der Waals surface area contributed by atoms with Crippen molar-refractivity contribution in [2.45, 2.75) is 0 Å². The van der Waals surface area contributed by atoms with Crippen LogP contribution in [0.25, 0.3) is 11.3 Å². The molecule has 0 aliphatic heterocycles. The highest BCUT2D eigenvalue weighted by molar-refractivity contribution is 5.97. The molecule has 0 fully saturated rings. The predicted molar refractivity (Wildman–Crippen MR) is 94.8 cm³/mol. The first-order valence-electron chi connectivity index (χ1n) is 7.70. The van der Waals surface area contributed by atoms with Crippen molar-refractivity contribution >= 4 is 18.1 Å². The Balaban J connectivity index is 1.73. The Morgan fingerprint density at radius 1 is 1.12 bits per heavy atom. The zero-order valence-electron chi connectivity index (χ0n) is 13.9. The van der Waals surface area contributed by atoms with E-state index in [-0.39, 0.29) is 5.91 Å². The van der Waals surface area contributed by atoms with E-state index in [1.54, 1.807) is 48.5 Å². The fraction of sp³-hybridized carbons (Fsp3) is 0.0526. The standard InChI is InChI=1S/C19H15N3O4/c1-25-19(24)16-5-3-2-4-15(16)17-7-6-14(26-17)12-21-22-18(23)13-8-10-20-11-9-13/h2-12H,1H3,(H,22,23). The molecule has 0 unspecified atom stereocenters. The molecule has 0 saturated carbocycles. The summed E-state index contributed by atoms with van der Waals surface area (Å²) < 4.78 is 10.5. The first kappa shape index (κ1) is 17.1. The Kier molecular flexibility index (Phi) is 5.19. The summed E-state index contributed by atoms with van der Waals surface area (Å²) in [4.78, 5) is 27.6. The van der Waals surface area contributed by atoms with Gasteiger partial charge in [-0.3, -0.25) is 9.78 Å². The van der Waals surface area contributed by atoms with E-state index >= 15 is 0 Å². The Hall–Kier alpha value is -3.74. The third kappa shape index (κ3) is 3.84. The molecule has 0 aliphatic rings. The molecule has 0 bridgehead atoms. The first-order valence-corrected chi connectivity index (χ1v) is 7.70. The summed E-state index contributed by atoms with van der Waals surface area (Å²) in [5.74, 6) is 0.117. The zero-order valence-corrected chi connectivity index (χ0v) is 13.9. The molecular formula is C19H15N3O4. The van der Waals surface area contributed by atoms with E-state index < -0.39 is 5.97 Å². The lowest BCUT2D eigenvalue weighted by atomic mass is 10.1. The van der Waals surface area contributed by atoms with Gasteiger partial charge in [-0.15, -0.1) is 0 Å². The number of nitrogens with one attached hydrogen (secondary N) is 1. The van der Waals surface area contributed by atoms with Crippen LogP contribution in [0, 0.1) is 0 Å². The molecule has 130 valence electrons. The molecule has 3 aromatic rings. The number of ether oxygens (including phenoxy) is 1. The lowest BCUT2D eigenvalue weighted by Gasteiger charge is -2.04. The Labute approximate surface area is 149 Å². The van der Waals surface area contributed by atoms with Crippen LogP contribution < -0.4 is 5.43 Å². The molecule has 0 radical (unpaired) electrons. The number of methoxy groups -OCH3 is 1. The number of amides is 1. The van der Waals surface area contributed by atoms with Gasteiger partial charge in [0.15, 0.2) is 0 Å². The number of hydrazone groups is 1. The highest BCUT2D eigenvalue weighted by Crippen LogP contribution is 2.25. The van der Waals surface area contributed by atoms with Crippen molar-refractivity contribution in [2.75, 3.05) is 7.11 Å². The van der Waals surface area contributed by atoms with Gasteiger partial charge in [0.05, 0.1) is 18.9 Å². The molecule has 1 N–H and O–H groups in total. The molecule has 3 rings (SSSR count). The van der Waals surface area contributed by atoms with Gasteiger partial charge >= 0.3 is 5.97 Å². The number of carbonyl (C=O) groups is 2. The number of esters is 1. The van der Waals surface area contributed by atoms with Gasteiger partial charge in [-0.25, -0.2) is 10.2 Å². The number of nitrogens with zero attached hydrogens (tertiary/aromatic N) is 2. The molecule has 26 heavy (non-hydrogen) atoms. The van der Waals surface area contributed by atoms with E-state index in [4.69, 9.17) is 9.15 Å². The maximum atomic E-state index is 11.9. The fourth-order valence-corrected chi connectivity index (χ4v) is 2.28. The number of hydrogen-bond donors (Lipinski definition) is 1. The summed E-state index contributed by atoms with van der Waals surface area (Å²) in [7, 11) is 1.32. The van der Waals surface area contributed by atoms with E-state index in [0.717, 1.165) is 0 Å². The van der Waals surface area contributed by atoms with Crippen LogP contribution >= 0.6 is 0 Å². The van der Waals surface area contributed by atoms with Crippen molar-refractivity contribution in [3.63, 3.8) is 0 Å². The summed E-state index contributed by atoms with van der Waals surface area (Å²) in [5, 5.41) is 3.87. The minimum absolute atomic E-state index is 0.355. The summed E-state index contributed by atoms with van der Waals surface area (Å²) in [5.41, 5.74) is 3.86. The summed E-state index contributed by atoms with van der Waals surface area (Å²) in [6.45, 7) is 0. The highest BCUT2D eigenvalue weighted by atomic mass is 16.5. The number of furan rings is 1. The molecule has 2 aromatic heterocycles. The van der Waals surface area contributed by atoms with Crippen molar-refractivity contribution in [1.82, 2.24) is 10.4 Å². The number of carbonyl (C=O) groups excluding carboxylic acids is 2. The van der Waals surface area contributed by atoms with Gasteiger partial charge in [0, 0.05) is 23.5 Å². The second kappa shape index (κ2) is 7.89. The number of pyridine rings is 1. The summed E-state index contributed by atoms with van der Waals surface area (Å²) in [6, 6.07) is 13.5. The largest absolute Gasteiger partial charge is 0.465 e. The van der Waals surface area contributed by atoms with Crippen LogP contribution in [0.2, 0.25) is 0 Å². The minimum Gasteiger partial charge on any atom is -0.465 e. The zero-order chi connectivity index (χ0) is 18.4. The average molecular weight is 349 g/mol. The normalized spacial score (nSPS) is 10.7. The molecule has 7 heteroatoms. The lowest BCUT2D eigenvalue weighted by Crippen LogP contribution is -2.17. The van der Waals surface area contributed by atoms with Crippen LogP contribution in [0.15, 0.2) is 70.4 Å². The third-order valence-electron chi connectivity index (χ3n) is 3.53. The maximum absolute atomic E-state index is 11.9. The van der Waals surface area contributed by atoms with Gasteiger partial charge in [0.25, 0.3) is 5.91 Å².